The smallest absolute Gasteiger partial charge is 0.317 e. The highest BCUT2D eigenvalue weighted by Gasteiger charge is 2.22. The molecule has 1 aromatic carbocycles. The van der Waals surface area contributed by atoms with Crippen molar-refractivity contribution in [1.29, 1.82) is 0 Å². The minimum Gasteiger partial charge on any atom is -0.490 e. The van der Waals surface area contributed by atoms with E-state index in [1.807, 2.05) is 31.2 Å². The van der Waals surface area contributed by atoms with Gasteiger partial charge in [-0.1, -0.05) is 31.9 Å². The molecule has 122 valence electrons. The Morgan fingerprint density at radius 2 is 1.86 bits per heavy atom. The molecule has 2 N–H and O–H groups in total. The van der Waals surface area contributed by atoms with E-state index in [4.69, 9.17) is 9.47 Å². The molecule has 0 spiro atoms. The van der Waals surface area contributed by atoms with Gasteiger partial charge in [-0.15, -0.1) is 0 Å². The van der Waals surface area contributed by atoms with Crippen molar-refractivity contribution in [2.45, 2.75) is 45.6 Å². The summed E-state index contributed by atoms with van der Waals surface area (Å²) in [5.41, 5.74) is 0. The lowest BCUT2D eigenvalue weighted by atomic mass is 9.86. The van der Waals surface area contributed by atoms with Gasteiger partial charge in [0.15, 0.2) is 18.2 Å². The Morgan fingerprint density at radius 3 is 2.55 bits per heavy atom. The predicted molar refractivity (Wildman–Crippen MR) is 86.2 cm³/mol. The summed E-state index contributed by atoms with van der Waals surface area (Å²) >= 11 is 0. The first-order valence-corrected chi connectivity index (χ1v) is 8.09. The van der Waals surface area contributed by atoms with Crippen LogP contribution in [0.1, 0.15) is 39.5 Å². The zero-order valence-electron chi connectivity index (χ0n) is 13.4. The summed E-state index contributed by atoms with van der Waals surface area (Å²) in [5, 5.41) is 5.77. The van der Waals surface area contributed by atoms with Gasteiger partial charge in [0.1, 0.15) is 0 Å². The lowest BCUT2D eigenvalue weighted by Crippen LogP contribution is -2.46. The number of ether oxygens (including phenoxy) is 2. The molecule has 22 heavy (non-hydrogen) atoms. The van der Waals surface area contributed by atoms with Gasteiger partial charge in [0.25, 0.3) is 0 Å². The van der Waals surface area contributed by atoms with Crippen molar-refractivity contribution in [3.63, 3.8) is 0 Å². The fraction of sp³-hybridized carbons (Fsp3) is 0.588. The topological polar surface area (TPSA) is 59.6 Å². The molecule has 1 aliphatic rings. The molecule has 2 amide bonds. The molecule has 1 fully saturated rings. The Balaban J connectivity index is 1.75. The summed E-state index contributed by atoms with van der Waals surface area (Å²) in [6.45, 7) is 4.82. The second kappa shape index (κ2) is 8.51. The normalized spacial score (nSPS) is 21.0. The van der Waals surface area contributed by atoms with Crippen LogP contribution in [0.15, 0.2) is 24.3 Å². The first-order chi connectivity index (χ1) is 10.7. The summed E-state index contributed by atoms with van der Waals surface area (Å²) in [7, 11) is 0. The van der Waals surface area contributed by atoms with E-state index in [0.717, 1.165) is 6.42 Å². The van der Waals surface area contributed by atoms with Crippen LogP contribution in [0.2, 0.25) is 0 Å². The molecular formula is C17H26N2O3. The molecular weight excluding hydrogens is 280 g/mol. The summed E-state index contributed by atoms with van der Waals surface area (Å²) in [5.74, 6) is 1.86. The Hall–Kier alpha value is -1.91. The van der Waals surface area contributed by atoms with E-state index in [-0.39, 0.29) is 18.8 Å². The highest BCUT2D eigenvalue weighted by atomic mass is 16.5. The molecule has 1 aliphatic carbocycles. The number of urea groups is 1. The SMILES string of the molecule is CCOc1ccccc1OCNC(=O)NC1CCCCC1C. The van der Waals surface area contributed by atoms with Crippen LogP contribution >= 0.6 is 0 Å². The van der Waals surface area contributed by atoms with E-state index in [0.29, 0.717) is 24.0 Å². The van der Waals surface area contributed by atoms with E-state index in [9.17, 15) is 4.79 Å². The summed E-state index contributed by atoms with van der Waals surface area (Å²) < 4.78 is 11.1. The fourth-order valence-electron chi connectivity index (χ4n) is 2.77. The minimum absolute atomic E-state index is 0.122. The molecule has 5 nitrogen and oxygen atoms in total. The van der Waals surface area contributed by atoms with Crippen molar-refractivity contribution >= 4 is 6.03 Å². The molecule has 2 rings (SSSR count). The summed E-state index contributed by atoms with van der Waals surface area (Å²) in [6, 6.07) is 7.54. The van der Waals surface area contributed by atoms with E-state index in [1.165, 1.54) is 19.3 Å². The van der Waals surface area contributed by atoms with Crippen LogP contribution in [-0.2, 0) is 0 Å². The first kappa shape index (κ1) is 16.5. The maximum absolute atomic E-state index is 11.9. The van der Waals surface area contributed by atoms with Gasteiger partial charge >= 0.3 is 6.03 Å². The number of rotatable bonds is 6. The molecule has 2 atom stereocenters. The van der Waals surface area contributed by atoms with E-state index in [2.05, 4.69) is 17.6 Å². The van der Waals surface area contributed by atoms with Crippen molar-refractivity contribution in [3.05, 3.63) is 24.3 Å². The highest BCUT2D eigenvalue weighted by molar-refractivity contribution is 5.74. The highest BCUT2D eigenvalue weighted by Crippen LogP contribution is 2.26. The average molecular weight is 306 g/mol. The van der Waals surface area contributed by atoms with Gasteiger partial charge in [0.2, 0.25) is 0 Å². The van der Waals surface area contributed by atoms with Gasteiger partial charge in [-0.05, 0) is 37.8 Å². The third kappa shape index (κ3) is 4.83. The largest absolute Gasteiger partial charge is 0.490 e. The number of carbonyl (C=O) groups is 1. The average Bonchev–Trinajstić information content (AvgIpc) is 2.51. The Bertz CT molecular complexity index is 479. The van der Waals surface area contributed by atoms with E-state index >= 15 is 0 Å². The number of carbonyl (C=O) groups excluding carboxylic acids is 1. The monoisotopic (exact) mass is 306 g/mol. The number of hydrogen-bond donors (Lipinski definition) is 2. The van der Waals surface area contributed by atoms with Crippen LogP contribution in [0.5, 0.6) is 11.5 Å². The third-order valence-corrected chi connectivity index (χ3v) is 4.04. The Labute approximate surface area is 132 Å². The molecule has 0 aromatic heterocycles. The quantitative estimate of drug-likeness (QED) is 0.793. The molecule has 0 aliphatic heterocycles. The van der Waals surface area contributed by atoms with Crippen LogP contribution in [0.4, 0.5) is 4.79 Å². The van der Waals surface area contributed by atoms with Gasteiger partial charge in [-0.3, -0.25) is 0 Å². The van der Waals surface area contributed by atoms with Crippen LogP contribution in [-0.4, -0.2) is 25.4 Å². The lowest BCUT2D eigenvalue weighted by molar-refractivity contribution is 0.206. The number of hydrogen-bond acceptors (Lipinski definition) is 3. The minimum atomic E-state index is -0.173. The van der Waals surface area contributed by atoms with Gasteiger partial charge in [-0.2, -0.15) is 0 Å². The molecule has 1 saturated carbocycles. The maximum Gasteiger partial charge on any atom is 0.317 e. The van der Waals surface area contributed by atoms with Gasteiger partial charge in [0.05, 0.1) is 6.61 Å². The van der Waals surface area contributed by atoms with Crippen LogP contribution in [0.25, 0.3) is 0 Å². The molecule has 2 unspecified atom stereocenters. The van der Waals surface area contributed by atoms with Crippen LogP contribution in [0, 0.1) is 5.92 Å². The zero-order valence-corrected chi connectivity index (χ0v) is 13.4. The van der Waals surface area contributed by atoms with E-state index < -0.39 is 0 Å². The number of benzene rings is 1. The van der Waals surface area contributed by atoms with Crippen molar-refractivity contribution in [1.82, 2.24) is 10.6 Å². The fourth-order valence-corrected chi connectivity index (χ4v) is 2.77. The van der Waals surface area contributed by atoms with Gasteiger partial charge in [-0.25, -0.2) is 4.79 Å². The summed E-state index contributed by atoms with van der Waals surface area (Å²) in [6.07, 6.45) is 4.69. The second-order valence-corrected chi connectivity index (χ2v) is 5.69. The van der Waals surface area contributed by atoms with Gasteiger partial charge < -0.3 is 20.1 Å². The Morgan fingerprint density at radius 1 is 1.18 bits per heavy atom. The maximum atomic E-state index is 11.9. The predicted octanol–water partition coefficient (Wildman–Crippen LogP) is 3.30. The van der Waals surface area contributed by atoms with Crippen molar-refractivity contribution in [2.24, 2.45) is 5.92 Å². The first-order valence-electron chi connectivity index (χ1n) is 8.09. The number of nitrogens with one attached hydrogen (secondary N) is 2. The van der Waals surface area contributed by atoms with Crippen LogP contribution in [0.3, 0.4) is 0 Å². The van der Waals surface area contributed by atoms with Crippen molar-refractivity contribution in [3.8, 4) is 11.5 Å². The third-order valence-electron chi connectivity index (χ3n) is 4.04. The van der Waals surface area contributed by atoms with E-state index in [1.54, 1.807) is 0 Å². The van der Waals surface area contributed by atoms with Gasteiger partial charge in [0, 0.05) is 6.04 Å². The lowest BCUT2D eigenvalue weighted by Gasteiger charge is -2.29. The Kier molecular flexibility index (Phi) is 6.37. The number of amides is 2. The summed E-state index contributed by atoms with van der Waals surface area (Å²) in [4.78, 5) is 11.9. The van der Waals surface area contributed by atoms with Crippen molar-refractivity contribution < 1.29 is 14.3 Å². The molecule has 0 bridgehead atoms. The molecule has 1 aromatic rings. The molecule has 5 heteroatoms. The second-order valence-electron chi connectivity index (χ2n) is 5.69. The number of para-hydroxylation sites is 2. The molecule has 0 radical (unpaired) electrons. The molecule has 0 heterocycles. The zero-order chi connectivity index (χ0) is 15.8. The standard InChI is InChI=1S/C17H26N2O3/c1-3-21-15-10-6-7-11-16(15)22-12-18-17(20)19-14-9-5-4-8-13(14)2/h6-7,10-11,13-14H,3-5,8-9,12H2,1-2H3,(H2,18,19,20). The molecule has 0 saturated heterocycles. The van der Waals surface area contributed by atoms with Crippen LogP contribution < -0.4 is 20.1 Å². The van der Waals surface area contributed by atoms with Crippen molar-refractivity contribution in [2.75, 3.05) is 13.3 Å².